The number of hydrogen-bond donors (Lipinski definition) is 5. The summed E-state index contributed by atoms with van der Waals surface area (Å²) in [6.07, 6.45) is 1.93. The molecule has 0 radical (unpaired) electrons. The maximum absolute atomic E-state index is 14.5. The van der Waals surface area contributed by atoms with E-state index in [0.29, 0.717) is 42.4 Å². The van der Waals surface area contributed by atoms with Gasteiger partial charge in [-0.3, -0.25) is 4.79 Å². The Bertz CT molecular complexity index is 1170. The van der Waals surface area contributed by atoms with Gasteiger partial charge in [-0.2, -0.15) is 0 Å². The first kappa shape index (κ1) is 29.5. The molecule has 9 nitrogen and oxygen atoms in total. The molecule has 7 aliphatic rings. The molecular formula is C33H49NO8. The number of ketones is 1. The minimum Gasteiger partial charge on any atom is -0.394 e. The smallest absolute Gasteiger partial charge is 0.186 e. The second-order valence-electron chi connectivity index (χ2n) is 14.9. The molecule has 0 bridgehead atoms. The number of aliphatic hydroxyl groups is 4. The number of carbonyl (C=O) groups excluding carboxylic acids is 1. The molecule has 5 fully saturated rings. The van der Waals surface area contributed by atoms with Crippen LogP contribution in [0.2, 0.25) is 0 Å². The van der Waals surface area contributed by atoms with Crippen LogP contribution in [0.25, 0.3) is 0 Å². The molecule has 15 atom stereocenters. The molecule has 5 N–H and O–H groups in total. The second-order valence-corrected chi connectivity index (χ2v) is 14.9. The Morgan fingerprint density at radius 2 is 1.90 bits per heavy atom. The topological polar surface area (TPSA) is 138 Å². The van der Waals surface area contributed by atoms with Gasteiger partial charge in [-0.05, 0) is 87.2 Å². The van der Waals surface area contributed by atoms with Crippen molar-refractivity contribution in [3.05, 3.63) is 22.8 Å². The van der Waals surface area contributed by atoms with Crippen molar-refractivity contribution in [2.24, 2.45) is 35.0 Å². The van der Waals surface area contributed by atoms with Crippen LogP contribution < -0.4 is 5.32 Å². The van der Waals surface area contributed by atoms with Gasteiger partial charge in [0.2, 0.25) is 0 Å². The average Bonchev–Trinajstić information content (AvgIpc) is 3.42. The van der Waals surface area contributed by atoms with Crippen LogP contribution in [0.4, 0.5) is 0 Å². The summed E-state index contributed by atoms with van der Waals surface area (Å²) in [5, 5.41) is 44.2. The second kappa shape index (κ2) is 10.4. The van der Waals surface area contributed by atoms with E-state index in [-0.39, 0.29) is 35.1 Å². The lowest BCUT2D eigenvalue weighted by molar-refractivity contribution is -0.312. The molecule has 1 spiro atoms. The third-order valence-electron chi connectivity index (χ3n) is 12.8. The van der Waals surface area contributed by atoms with Gasteiger partial charge in [0.15, 0.2) is 12.1 Å². The third-order valence-corrected chi connectivity index (χ3v) is 12.8. The number of rotatable bonds is 3. The zero-order chi connectivity index (χ0) is 29.7. The molecule has 0 aromatic rings. The molecule has 4 unspecified atom stereocenters. The van der Waals surface area contributed by atoms with E-state index >= 15 is 0 Å². The van der Waals surface area contributed by atoms with E-state index in [0.717, 1.165) is 44.2 Å². The summed E-state index contributed by atoms with van der Waals surface area (Å²) in [5.41, 5.74) is 2.89. The number of fused-ring (bicyclic) bond motifs is 6. The van der Waals surface area contributed by atoms with Crippen LogP contribution in [0.15, 0.2) is 22.8 Å². The van der Waals surface area contributed by atoms with Crippen molar-refractivity contribution in [3.8, 4) is 0 Å². The van der Waals surface area contributed by atoms with Gasteiger partial charge < -0.3 is 40.0 Å². The van der Waals surface area contributed by atoms with Gasteiger partial charge in [0.25, 0.3) is 0 Å². The lowest BCUT2D eigenvalue weighted by atomic mass is 9.56. The molecular weight excluding hydrogens is 538 g/mol. The first-order valence-corrected chi connectivity index (χ1v) is 16.3. The van der Waals surface area contributed by atoms with Crippen molar-refractivity contribution in [2.45, 2.75) is 127 Å². The normalized spacial score (nSPS) is 53.9. The van der Waals surface area contributed by atoms with Crippen molar-refractivity contribution < 1.29 is 39.4 Å². The summed E-state index contributed by atoms with van der Waals surface area (Å²) in [6, 6.07) is 0.344. The van der Waals surface area contributed by atoms with E-state index in [4.69, 9.17) is 14.2 Å². The van der Waals surface area contributed by atoms with Gasteiger partial charge in [0, 0.05) is 23.5 Å². The van der Waals surface area contributed by atoms with Gasteiger partial charge in [-0.25, -0.2) is 0 Å². The molecule has 3 saturated heterocycles. The average molecular weight is 588 g/mol. The Hall–Kier alpha value is -1.17. The monoisotopic (exact) mass is 587 g/mol. The molecule has 3 aliphatic heterocycles. The fraction of sp³-hybridized carbons (Fsp3) is 0.848. The Kier molecular flexibility index (Phi) is 7.34. The number of Topliss-reactive ketones (excluding diaryl/α,β-unsaturated/α-hetero) is 1. The SMILES string of the molecule is CC1=C2C(=O)[C@H]3C(CC=C4CC(O[C@H]5O[C@H](CO)[C@@H](O)[C@H](O)[C@H]5O)CCC43C)[C@@H]2CC[C@]12OC1C[C@H](C)CN[C@H]1[C@H]2C. The standard InChI is InChI=1S/C33H49NO8/c1-15-11-22-26(34-13-15)17(3)33(42-22)10-8-20-21-6-5-18-12-19(40-31-30(39)29(38)27(36)23(14-35)41-31)7-9-32(18,4)25(21)28(37)24(20)16(33)2/h5,15,17,19-23,25-27,29-31,34-36,38-39H,6-14H2,1-4H3/t15-,17+,19?,20-,21?,22?,23+,25+,26-,27+,29-,30+,31-,32?,33-/m0/s1. The summed E-state index contributed by atoms with van der Waals surface area (Å²) in [4.78, 5) is 14.5. The molecule has 4 aliphatic carbocycles. The molecule has 234 valence electrons. The molecule has 0 aromatic heterocycles. The van der Waals surface area contributed by atoms with Crippen molar-refractivity contribution in [1.82, 2.24) is 5.32 Å². The summed E-state index contributed by atoms with van der Waals surface area (Å²) in [6.45, 7) is 9.60. The van der Waals surface area contributed by atoms with Gasteiger partial charge in [-0.15, -0.1) is 0 Å². The van der Waals surface area contributed by atoms with E-state index in [1.807, 2.05) is 0 Å². The Balaban J connectivity index is 1.11. The predicted octanol–water partition coefficient (Wildman–Crippen LogP) is 2.01. The van der Waals surface area contributed by atoms with Crippen molar-refractivity contribution in [3.63, 3.8) is 0 Å². The fourth-order valence-corrected chi connectivity index (χ4v) is 10.4. The minimum absolute atomic E-state index is 0.0482. The van der Waals surface area contributed by atoms with Crippen LogP contribution in [0.1, 0.15) is 72.6 Å². The maximum atomic E-state index is 14.5. The van der Waals surface area contributed by atoms with E-state index in [1.165, 1.54) is 11.1 Å². The number of carbonyl (C=O) groups is 1. The van der Waals surface area contributed by atoms with Gasteiger partial charge in [0.05, 0.1) is 24.4 Å². The largest absolute Gasteiger partial charge is 0.394 e. The van der Waals surface area contributed by atoms with Gasteiger partial charge in [0.1, 0.15) is 24.4 Å². The van der Waals surface area contributed by atoms with E-state index in [1.54, 1.807) is 0 Å². The van der Waals surface area contributed by atoms with Crippen molar-refractivity contribution in [2.75, 3.05) is 13.2 Å². The Labute approximate surface area is 248 Å². The summed E-state index contributed by atoms with van der Waals surface area (Å²) >= 11 is 0. The van der Waals surface area contributed by atoms with Crippen LogP contribution >= 0.6 is 0 Å². The van der Waals surface area contributed by atoms with E-state index in [2.05, 4.69) is 39.1 Å². The maximum Gasteiger partial charge on any atom is 0.186 e. The quantitative estimate of drug-likeness (QED) is 0.314. The molecule has 2 saturated carbocycles. The zero-order valence-corrected chi connectivity index (χ0v) is 25.4. The summed E-state index contributed by atoms with van der Waals surface area (Å²) in [7, 11) is 0. The van der Waals surface area contributed by atoms with Crippen molar-refractivity contribution in [1.29, 1.82) is 0 Å². The summed E-state index contributed by atoms with van der Waals surface area (Å²) < 4.78 is 18.8. The zero-order valence-electron chi connectivity index (χ0n) is 25.4. The number of hydrogen-bond acceptors (Lipinski definition) is 9. The number of nitrogens with one attached hydrogen (secondary N) is 1. The molecule has 0 amide bonds. The molecule has 9 heteroatoms. The third kappa shape index (κ3) is 4.14. The minimum atomic E-state index is -1.46. The first-order valence-electron chi connectivity index (χ1n) is 16.3. The highest BCUT2D eigenvalue weighted by Crippen LogP contribution is 2.64. The predicted molar refractivity (Wildman–Crippen MR) is 153 cm³/mol. The molecule has 7 rings (SSSR count). The number of piperidine rings is 1. The highest BCUT2D eigenvalue weighted by molar-refractivity contribution is 6.02. The summed E-state index contributed by atoms with van der Waals surface area (Å²) in [5.74, 6) is 1.81. The molecule has 3 heterocycles. The number of aliphatic hydroxyl groups excluding tert-OH is 4. The first-order chi connectivity index (χ1) is 20.0. The lowest BCUT2D eigenvalue weighted by Gasteiger charge is -2.49. The van der Waals surface area contributed by atoms with E-state index < -0.39 is 37.3 Å². The highest BCUT2D eigenvalue weighted by atomic mass is 16.7. The highest BCUT2D eigenvalue weighted by Gasteiger charge is 2.63. The fourth-order valence-electron chi connectivity index (χ4n) is 10.4. The number of ether oxygens (including phenoxy) is 3. The van der Waals surface area contributed by atoms with E-state index in [9.17, 15) is 25.2 Å². The van der Waals surface area contributed by atoms with Crippen LogP contribution in [0.5, 0.6) is 0 Å². The van der Waals surface area contributed by atoms with Crippen LogP contribution in [0.3, 0.4) is 0 Å². The molecule has 42 heavy (non-hydrogen) atoms. The Morgan fingerprint density at radius 1 is 1.12 bits per heavy atom. The van der Waals surface area contributed by atoms with Crippen LogP contribution in [0, 0.1) is 35.0 Å². The lowest BCUT2D eigenvalue weighted by Crippen LogP contribution is -2.60. The molecule has 0 aromatic carbocycles. The van der Waals surface area contributed by atoms with Crippen LogP contribution in [-0.2, 0) is 19.0 Å². The van der Waals surface area contributed by atoms with Gasteiger partial charge >= 0.3 is 0 Å². The van der Waals surface area contributed by atoms with Crippen molar-refractivity contribution >= 4 is 5.78 Å². The Morgan fingerprint density at radius 3 is 2.67 bits per heavy atom. The number of allylic oxidation sites excluding steroid dienone is 2. The van der Waals surface area contributed by atoms with Gasteiger partial charge in [-0.1, -0.05) is 32.4 Å². The van der Waals surface area contributed by atoms with Crippen LogP contribution in [-0.4, -0.2) is 93.9 Å².